The zero-order valence-electron chi connectivity index (χ0n) is 11.8. The van der Waals surface area contributed by atoms with Crippen molar-refractivity contribution in [1.82, 2.24) is 4.90 Å². The van der Waals surface area contributed by atoms with Gasteiger partial charge in [0.25, 0.3) is 0 Å². The minimum Gasteiger partial charge on any atom is -0.279 e. The third kappa shape index (κ3) is 1.78. The zero-order chi connectivity index (χ0) is 13.6. The lowest BCUT2D eigenvalue weighted by molar-refractivity contribution is -0.143. The van der Waals surface area contributed by atoms with Crippen molar-refractivity contribution in [1.29, 1.82) is 0 Å². The van der Waals surface area contributed by atoms with Crippen LogP contribution < -0.4 is 0 Å². The van der Waals surface area contributed by atoms with Crippen LogP contribution in [0.4, 0.5) is 0 Å². The largest absolute Gasteiger partial charge is 0.279 e. The van der Waals surface area contributed by atoms with Crippen LogP contribution in [0.15, 0.2) is 12.2 Å². The molecule has 0 aromatic carbocycles. The molecule has 0 spiro atoms. The fraction of sp³-hybridized carbons (Fsp3) is 0.750. The van der Waals surface area contributed by atoms with Gasteiger partial charge in [0.15, 0.2) is 0 Å². The van der Waals surface area contributed by atoms with E-state index in [1.807, 2.05) is 0 Å². The lowest BCUT2D eigenvalue weighted by Crippen LogP contribution is -2.41. The van der Waals surface area contributed by atoms with E-state index < -0.39 is 0 Å². The first-order valence-electron chi connectivity index (χ1n) is 7.74. The molecule has 3 heteroatoms. The Morgan fingerprint density at radius 1 is 1.16 bits per heavy atom. The molecule has 1 saturated carbocycles. The standard InChI is InChI=1S/C16H23NO2/c1-3-5-6-12(4-2)17-15(18)13-10-7-8-11(9-10)14(13)16(17)19/h7-8,10-14H,3-6,9H2,1-2H3. The van der Waals surface area contributed by atoms with E-state index in [1.54, 1.807) is 4.90 Å². The van der Waals surface area contributed by atoms with Gasteiger partial charge in [0, 0.05) is 6.04 Å². The van der Waals surface area contributed by atoms with Gasteiger partial charge < -0.3 is 0 Å². The number of rotatable bonds is 5. The fourth-order valence-corrected chi connectivity index (χ4v) is 4.24. The number of nitrogens with zero attached hydrogens (tertiary/aromatic N) is 1. The topological polar surface area (TPSA) is 37.4 Å². The summed E-state index contributed by atoms with van der Waals surface area (Å²) in [7, 11) is 0. The van der Waals surface area contributed by atoms with Crippen molar-refractivity contribution in [2.45, 2.75) is 52.0 Å². The summed E-state index contributed by atoms with van der Waals surface area (Å²) in [5.74, 6) is 0.848. The fourth-order valence-electron chi connectivity index (χ4n) is 4.24. The Morgan fingerprint density at radius 3 is 2.21 bits per heavy atom. The molecule has 0 aromatic heterocycles. The van der Waals surface area contributed by atoms with Gasteiger partial charge in [0.1, 0.15) is 0 Å². The van der Waals surface area contributed by atoms with Gasteiger partial charge in [-0.15, -0.1) is 0 Å². The minimum atomic E-state index is -0.0295. The molecule has 1 aliphatic heterocycles. The van der Waals surface area contributed by atoms with Crippen LogP contribution in [0.2, 0.25) is 0 Å². The average molecular weight is 261 g/mol. The second-order valence-corrected chi connectivity index (χ2v) is 6.25. The Bertz CT molecular complexity index is 398. The molecule has 2 amide bonds. The van der Waals surface area contributed by atoms with E-state index in [0.717, 1.165) is 32.1 Å². The van der Waals surface area contributed by atoms with Crippen LogP contribution in [0, 0.1) is 23.7 Å². The number of hydrogen-bond donors (Lipinski definition) is 0. The van der Waals surface area contributed by atoms with Gasteiger partial charge in [-0.25, -0.2) is 0 Å². The van der Waals surface area contributed by atoms with E-state index in [9.17, 15) is 9.59 Å². The predicted molar refractivity (Wildman–Crippen MR) is 73.2 cm³/mol. The van der Waals surface area contributed by atoms with Gasteiger partial charge in [-0.2, -0.15) is 0 Å². The van der Waals surface area contributed by atoms with Crippen LogP contribution >= 0.6 is 0 Å². The molecule has 1 heterocycles. The first-order valence-corrected chi connectivity index (χ1v) is 7.74. The first-order chi connectivity index (χ1) is 9.19. The Kier molecular flexibility index (Phi) is 3.23. The molecule has 2 aliphatic carbocycles. The average Bonchev–Trinajstić information content (AvgIpc) is 3.07. The molecular weight excluding hydrogens is 238 g/mol. The molecule has 0 aromatic rings. The van der Waals surface area contributed by atoms with Crippen molar-refractivity contribution in [2.24, 2.45) is 23.7 Å². The molecule has 0 radical (unpaired) electrons. The van der Waals surface area contributed by atoms with Gasteiger partial charge in [-0.1, -0.05) is 38.8 Å². The van der Waals surface area contributed by atoms with Crippen LogP contribution in [0.1, 0.15) is 46.0 Å². The number of carbonyl (C=O) groups excluding carboxylic acids is 2. The Labute approximate surface area is 115 Å². The lowest BCUT2D eigenvalue weighted by Gasteiger charge is -2.26. The minimum absolute atomic E-state index is 0.0295. The van der Waals surface area contributed by atoms with E-state index in [2.05, 4.69) is 26.0 Å². The zero-order valence-corrected chi connectivity index (χ0v) is 11.8. The van der Waals surface area contributed by atoms with E-state index >= 15 is 0 Å². The quantitative estimate of drug-likeness (QED) is 0.563. The van der Waals surface area contributed by atoms with Gasteiger partial charge in [-0.3, -0.25) is 14.5 Å². The Balaban J connectivity index is 1.81. The third-order valence-corrected chi connectivity index (χ3v) is 5.23. The number of likely N-dealkylation sites (tertiary alicyclic amines) is 1. The third-order valence-electron chi connectivity index (χ3n) is 5.23. The van der Waals surface area contributed by atoms with Crippen molar-refractivity contribution >= 4 is 11.8 Å². The van der Waals surface area contributed by atoms with E-state index in [-0.39, 0.29) is 29.7 Å². The molecule has 19 heavy (non-hydrogen) atoms. The highest BCUT2D eigenvalue weighted by molar-refractivity contribution is 6.06. The molecule has 0 N–H and O–H groups in total. The predicted octanol–water partition coefficient (Wildman–Crippen LogP) is 2.76. The molecular formula is C16H23NO2. The number of amides is 2. The number of fused-ring (bicyclic) bond motifs is 5. The maximum atomic E-state index is 12.6. The summed E-state index contributed by atoms with van der Waals surface area (Å²) >= 11 is 0. The monoisotopic (exact) mass is 261 g/mol. The molecule has 5 unspecified atom stereocenters. The van der Waals surface area contributed by atoms with E-state index in [4.69, 9.17) is 0 Å². The maximum Gasteiger partial charge on any atom is 0.233 e. The summed E-state index contributed by atoms with van der Waals surface area (Å²) in [6.07, 6.45) is 9.40. The van der Waals surface area contributed by atoms with Gasteiger partial charge in [0.05, 0.1) is 11.8 Å². The van der Waals surface area contributed by atoms with Crippen LogP contribution in [0.5, 0.6) is 0 Å². The van der Waals surface area contributed by atoms with E-state index in [0.29, 0.717) is 11.8 Å². The van der Waals surface area contributed by atoms with Crippen molar-refractivity contribution in [3.63, 3.8) is 0 Å². The van der Waals surface area contributed by atoms with Crippen LogP contribution in [-0.4, -0.2) is 22.8 Å². The number of hydrogen-bond acceptors (Lipinski definition) is 2. The number of allylic oxidation sites excluding steroid dienone is 2. The molecule has 3 rings (SSSR count). The van der Waals surface area contributed by atoms with Crippen molar-refractivity contribution < 1.29 is 9.59 Å². The highest BCUT2D eigenvalue weighted by Crippen LogP contribution is 2.53. The number of unbranched alkanes of at least 4 members (excludes halogenated alkanes) is 1. The molecule has 104 valence electrons. The van der Waals surface area contributed by atoms with Crippen molar-refractivity contribution in [2.75, 3.05) is 0 Å². The van der Waals surface area contributed by atoms with Gasteiger partial charge in [0.2, 0.25) is 11.8 Å². The van der Waals surface area contributed by atoms with Crippen LogP contribution in [0.25, 0.3) is 0 Å². The van der Waals surface area contributed by atoms with Crippen molar-refractivity contribution in [3.05, 3.63) is 12.2 Å². The van der Waals surface area contributed by atoms with Crippen molar-refractivity contribution in [3.8, 4) is 0 Å². The summed E-state index contributed by atoms with van der Waals surface area (Å²) in [6.45, 7) is 4.24. The molecule has 3 aliphatic rings. The molecule has 2 fully saturated rings. The SMILES string of the molecule is CCCCC(CC)N1C(=O)C2C3C=CC(C3)C2C1=O. The first kappa shape index (κ1) is 12.9. The molecule has 2 bridgehead atoms. The normalized spacial score (nSPS) is 37.3. The summed E-state index contributed by atoms with van der Waals surface area (Å²) in [6, 6.07) is 0.130. The number of imide groups is 1. The lowest BCUT2D eigenvalue weighted by atomic mass is 9.85. The van der Waals surface area contributed by atoms with Crippen LogP contribution in [-0.2, 0) is 9.59 Å². The summed E-state index contributed by atoms with van der Waals surface area (Å²) in [5.41, 5.74) is 0. The van der Waals surface area contributed by atoms with E-state index in [1.165, 1.54) is 0 Å². The smallest absolute Gasteiger partial charge is 0.233 e. The Hall–Kier alpha value is -1.12. The summed E-state index contributed by atoms with van der Waals surface area (Å²) in [5, 5.41) is 0. The highest BCUT2D eigenvalue weighted by Gasteiger charge is 2.60. The highest BCUT2D eigenvalue weighted by atomic mass is 16.2. The molecule has 5 atom stereocenters. The second kappa shape index (κ2) is 4.77. The molecule has 1 saturated heterocycles. The number of carbonyl (C=O) groups is 2. The van der Waals surface area contributed by atoms with Gasteiger partial charge in [-0.05, 0) is 31.1 Å². The summed E-state index contributed by atoms with van der Waals surface area (Å²) in [4.78, 5) is 26.9. The maximum absolute atomic E-state index is 12.6. The van der Waals surface area contributed by atoms with Crippen LogP contribution in [0.3, 0.4) is 0 Å². The summed E-state index contributed by atoms with van der Waals surface area (Å²) < 4.78 is 0. The van der Waals surface area contributed by atoms with Gasteiger partial charge >= 0.3 is 0 Å². The molecule has 3 nitrogen and oxygen atoms in total. The second-order valence-electron chi connectivity index (χ2n) is 6.25. The Morgan fingerprint density at radius 2 is 1.74 bits per heavy atom.